The normalized spacial score (nSPS) is 29.6. The van der Waals surface area contributed by atoms with Crippen molar-refractivity contribution in [3.8, 4) is 6.07 Å². The Morgan fingerprint density at radius 1 is 1.40 bits per heavy atom. The molecular formula is C15H23N5. The van der Waals surface area contributed by atoms with Gasteiger partial charge in [-0.25, -0.2) is 4.98 Å². The minimum absolute atomic E-state index is 0.287. The molecule has 2 fully saturated rings. The Labute approximate surface area is 120 Å². The van der Waals surface area contributed by atoms with Gasteiger partial charge in [-0.05, 0) is 51.9 Å². The van der Waals surface area contributed by atoms with Gasteiger partial charge in [-0.3, -0.25) is 10.00 Å². The third-order valence-corrected chi connectivity index (χ3v) is 4.71. The number of hydrogen-bond acceptors (Lipinski definition) is 4. The summed E-state index contributed by atoms with van der Waals surface area (Å²) in [5.74, 6) is 2.24. The van der Waals surface area contributed by atoms with Crippen LogP contribution >= 0.6 is 0 Å². The second-order valence-electron chi connectivity index (χ2n) is 6.31. The molecule has 0 radical (unpaired) electrons. The van der Waals surface area contributed by atoms with Gasteiger partial charge in [0.1, 0.15) is 17.2 Å². The van der Waals surface area contributed by atoms with Gasteiger partial charge < -0.3 is 0 Å². The molecule has 1 aromatic rings. The van der Waals surface area contributed by atoms with E-state index in [1.807, 2.05) is 18.5 Å². The smallest absolute Gasteiger partial charge is 0.147 e. The Morgan fingerprint density at radius 3 is 2.80 bits per heavy atom. The molecule has 0 spiro atoms. The fourth-order valence-electron chi connectivity index (χ4n) is 3.48. The highest BCUT2D eigenvalue weighted by Crippen LogP contribution is 2.40. The lowest BCUT2D eigenvalue weighted by molar-refractivity contribution is 0.283. The van der Waals surface area contributed by atoms with Gasteiger partial charge in [0, 0.05) is 12.6 Å². The Kier molecular flexibility index (Phi) is 3.51. The highest BCUT2D eigenvalue weighted by molar-refractivity contribution is 5.16. The van der Waals surface area contributed by atoms with E-state index in [1.54, 1.807) is 0 Å². The number of nitrogens with zero attached hydrogens (tertiary/aromatic N) is 4. The van der Waals surface area contributed by atoms with Crippen LogP contribution in [0, 0.1) is 31.1 Å². The van der Waals surface area contributed by atoms with Crippen LogP contribution in [0.25, 0.3) is 0 Å². The molecule has 0 amide bonds. The highest BCUT2D eigenvalue weighted by atomic mass is 15.3. The van der Waals surface area contributed by atoms with Crippen LogP contribution in [0.3, 0.4) is 0 Å². The number of nitriles is 1. The number of aromatic nitrogens is 3. The predicted molar refractivity (Wildman–Crippen MR) is 76.0 cm³/mol. The van der Waals surface area contributed by atoms with Crippen LogP contribution in [0.15, 0.2) is 0 Å². The van der Waals surface area contributed by atoms with Crippen LogP contribution in [-0.2, 0) is 6.54 Å². The molecule has 2 atom stereocenters. The molecule has 2 unspecified atom stereocenters. The Bertz CT molecular complexity index is 525. The van der Waals surface area contributed by atoms with Crippen LogP contribution in [0.4, 0.5) is 0 Å². The molecule has 0 saturated heterocycles. The average Bonchev–Trinajstić information content (AvgIpc) is 3.04. The molecule has 2 aliphatic rings. The maximum absolute atomic E-state index is 9.67. The molecule has 2 saturated carbocycles. The summed E-state index contributed by atoms with van der Waals surface area (Å²) in [7, 11) is 0. The summed E-state index contributed by atoms with van der Waals surface area (Å²) in [5, 5.41) is 17.7. The first kappa shape index (κ1) is 13.6. The SMILES string of the molecule is Cc1nc(C)n(CCC2CCCC2(C#N)NC2CC2)n1. The first-order valence-corrected chi connectivity index (χ1v) is 7.70. The van der Waals surface area contributed by atoms with E-state index < -0.39 is 0 Å². The van der Waals surface area contributed by atoms with Crippen LogP contribution in [0.1, 0.15) is 50.2 Å². The second-order valence-corrected chi connectivity index (χ2v) is 6.31. The van der Waals surface area contributed by atoms with E-state index in [-0.39, 0.29) is 5.54 Å². The number of aryl methyl sites for hydroxylation is 3. The number of hydrogen-bond donors (Lipinski definition) is 1. The monoisotopic (exact) mass is 273 g/mol. The molecule has 1 N–H and O–H groups in total. The minimum Gasteiger partial charge on any atom is -0.296 e. The molecule has 2 aliphatic carbocycles. The van der Waals surface area contributed by atoms with Gasteiger partial charge in [0.25, 0.3) is 0 Å². The third kappa shape index (κ3) is 2.57. The van der Waals surface area contributed by atoms with Gasteiger partial charge in [-0.15, -0.1) is 0 Å². The fourth-order valence-corrected chi connectivity index (χ4v) is 3.48. The third-order valence-electron chi connectivity index (χ3n) is 4.71. The van der Waals surface area contributed by atoms with Crippen molar-refractivity contribution in [2.45, 2.75) is 70.5 Å². The van der Waals surface area contributed by atoms with Crippen LogP contribution in [0.2, 0.25) is 0 Å². The second kappa shape index (κ2) is 5.17. The van der Waals surface area contributed by atoms with Crippen molar-refractivity contribution in [3.05, 3.63) is 11.6 Å². The van der Waals surface area contributed by atoms with Crippen LogP contribution in [0.5, 0.6) is 0 Å². The highest BCUT2D eigenvalue weighted by Gasteiger charge is 2.45. The summed E-state index contributed by atoms with van der Waals surface area (Å²) in [6.45, 7) is 4.79. The first-order valence-electron chi connectivity index (χ1n) is 7.70. The van der Waals surface area contributed by atoms with E-state index in [9.17, 15) is 5.26 Å². The summed E-state index contributed by atoms with van der Waals surface area (Å²) >= 11 is 0. The van der Waals surface area contributed by atoms with Crippen molar-refractivity contribution in [2.24, 2.45) is 5.92 Å². The lowest BCUT2D eigenvalue weighted by atomic mass is 9.85. The summed E-state index contributed by atoms with van der Waals surface area (Å²) in [5.41, 5.74) is -0.287. The number of nitrogens with one attached hydrogen (secondary N) is 1. The fraction of sp³-hybridized carbons (Fsp3) is 0.800. The van der Waals surface area contributed by atoms with E-state index >= 15 is 0 Å². The van der Waals surface area contributed by atoms with E-state index in [4.69, 9.17) is 0 Å². The number of rotatable bonds is 5. The molecule has 0 aromatic carbocycles. The standard InChI is InChI=1S/C15H23N5/c1-11-17-12(2)20(19-11)9-7-13-4-3-8-15(13,10-16)18-14-5-6-14/h13-14,18H,3-9H2,1-2H3. The van der Waals surface area contributed by atoms with Gasteiger partial charge in [0.05, 0.1) is 6.07 Å². The summed E-state index contributed by atoms with van der Waals surface area (Å²) in [6, 6.07) is 3.19. The Hall–Kier alpha value is -1.41. The van der Waals surface area contributed by atoms with E-state index in [0.29, 0.717) is 12.0 Å². The first-order chi connectivity index (χ1) is 9.63. The van der Waals surface area contributed by atoms with Gasteiger partial charge in [0.15, 0.2) is 0 Å². The van der Waals surface area contributed by atoms with Gasteiger partial charge >= 0.3 is 0 Å². The maximum Gasteiger partial charge on any atom is 0.147 e. The lowest BCUT2D eigenvalue weighted by Gasteiger charge is -2.30. The van der Waals surface area contributed by atoms with Gasteiger partial charge in [-0.1, -0.05) is 6.42 Å². The molecule has 1 heterocycles. The predicted octanol–water partition coefficient (Wildman–Crippen LogP) is 2.10. The molecule has 5 heteroatoms. The van der Waals surface area contributed by atoms with E-state index in [2.05, 4.69) is 21.5 Å². The van der Waals surface area contributed by atoms with Crippen molar-refractivity contribution >= 4 is 0 Å². The Balaban J connectivity index is 1.66. The van der Waals surface area contributed by atoms with E-state index in [0.717, 1.165) is 43.9 Å². The molecular weight excluding hydrogens is 250 g/mol. The van der Waals surface area contributed by atoms with Crippen LogP contribution < -0.4 is 5.32 Å². The molecule has 5 nitrogen and oxygen atoms in total. The zero-order valence-corrected chi connectivity index (χ0v) is 12.4. The molecule has 108 valence electrons. The molecule has 20 heavy (non-hydrogen) atoms. The summed E-state index contributed by atoms with van der Waals surface area (Å²) < 4.78 is 1.98. The molecule has 1 aromatic heterocycles. The van der Waals surface area contributed by atoms with Gasteiger partial charge in [-0.2, -0.15) is 10.4 Å². The maximum atomic E-state index is 9.67. The molecule has 3 rings (SSSR count). The Morgan fingerprint density at radius 2 is 2.20 bits per heavy atom. The van der Waals surface area contributed by atoms with Crippen molar-refractivity contribution in [2.75, 3.05) is 0 Å². The average molecular weight is 273 g/mol. The molecule has 0 aliphatic heterocycles. The quantitative estimate of drug-likeness (QED) is 0.892. The minimum atomic E-state index is -0.287. The van der Waals surface area contributed by atoms with Crippen molar-refractivity contribution < 1.29 is 0 Å². The van der Waals surface area contributed by atoms with Crippen molar-refractivity contribution in [1.29, 1.82) is 5.26 Å². The van der Waals surface area contributed by atoms with Crippen LogP contribution in [-0.4, -0.2) is 26.3 Å². The lowest BCUT2D eigenvalue weighted by Crippen LogP contribution is -2.48. The van der Waals surface area contributed by atoms with E-state index in [1.165, 1.54) is 12.8 Å². The van der Waals surface area contributed by atoms with Crippen molar-refractivity contribution in [1.82, 2.24) is 20.1 Å². The largest absolute Gasteiger partial charge is 0.296 e. The zero-order valence-electron chi connectivity index (χ0n) is 12.4. The topological polar surface area (TPSA) is 66.5 Å². The summed E-state index contributed by atoms with van der Waals surface area (Å²) in [4.78, 5) is 4.34. The van der Waals surface area contributed by atoms with Gasteiger partial charge in [0.2, 0.25) is 0 Å². The zero-order chi connectivity index (χ0) is 14.2. The summed E-state index contributed by atoms with van der Waals surface area (Å²) in [6.07, 6.45) is 6.79. The molecule has 0 bridgehead atoms. The van der Waals surface area contributed by atoms with Crippen molar-refractivity contribution in [3.63, 3.8) is 0 Å².